The molecule has 4 aliphatic heterocycles. The Morgan fingerprint density at radius 3 is 2.96 bits per heavy atom. The first-order chi connectivity index (χ1) is 12.6. The van der Waals surface area contributed by atoms with Gasteiger partial charge in [0.15, 0.2) is 5.17 Å². The monoisotopic (exact) mass is 413 g/mol. The van der Waals surface area contributed by atoms with Gasteiger partial charge in [-0.15, -0.1) is 11.8 Å². The zero-order valence-corrected chi connectivity index (χ0v) is 15.3. The minimum absolute atomic E-state index is 0. The van der Waals surface area contributed by atoms with E-state index in [0.29, 0.717) is 5.57 Å². The van der Waals surface area contributed by atoms with Gasteiger partial charge >= 0.3 is 35.5 Å². The van der Waals surface area contributed by atoms with Crippen molar-refractivity contribution in [1.82, 2.24) is 19.6 Å². The molecular weight excluding hydrogens is 397 g/mol. The summed E-state index contributed by atoms with van der Waals surface area (Å²) >= 11 is 3.14. The van der Waals surface area contributed by atoms with E-state index in [-0.39, 0.29) is 46.5 Å². The Bertz CT molecular complexity index is 925. The van der Waals surface area contributed by atoms with Gasteiger partial charge in [0.2, 0.25) is 0 Å². The fraction of sp³-hybridized carbons (Fsp3) is 0.375. The number of β-lactam (4-membered cyclic amide) rings is 1. The van der Waals surface area contributed by atoms with E-state index >= 15 is 0 Å². The molecule has 0 spiro atoms. The standard InChI is InChI=1S/C16H15N5O3S2.Na.H/c22-13-11(14-21(13)12(8-26-14)15(23)24)6-9-5-10-7-19(2-3-20(10)18-9)16-17-1-4-25-16;;/h5-6,8,14H,1-4,7H2,(H,23,24);;. The normalized spacial score (nSPS) is 24.8. The van der Waals surface area contributed by atoms with Crippen LogP contribution in [0, 0.1) is 0 Å². The van der Waals surface area contributed by atoms with Gasteiger partial charge in [-0.3, -0.25) is 19.4 Å². The van der Waals surface area contributed by atoms with Crippen LogP contribution < -0.4 is 0 Å². The van der Waals surface area contributed by atoms with Crippen molar-refractivity contribution in [2.75, 3.05) is 18.8 Å². The molecule has 8 nitrogen and oxygen atoms in total. The molecule has 1 unspecified atom stereocenters. The zero-order chi connectivity index (χ0) is 17.8. The third-order valence-electron chi connectivity index (χ3n) is 4.71. The average Bonchev–Trinajstić information content (AvgIpc) is 3.35. The number of carboxylic acid groups (broad SMARTS) is 1. The van der Waals surface area contributed by atoms with Crippen LogP contribution in [0.1, 0.15) is 11.4 Å². The molecule has 5 rings (SSSR count). The van der Waals surface area contributed by atoms with Crippen molar-refractivity contribution in [1.29, 1.82) is 0 Å². The molecule has 1 aromatic heterocycles. The molecule has 1 atom stereocenters. The van der Waals surface area contributed by atoms with Crippen LogP contribution in [0.3, 0.4) is 0 Å². The van der Waals surface area contributed by atoms with Crippen LogP contribution in [0.2, 0.25) is 0 Å². The summed E-state index contributed by atoms with van der Waals surface area (Å²) in [6.45, 7) is 3.33. The molecule has 1 aromatic rings. The van der Waals surface area contributed by atoms with Crippen molar-refractivity contribution in [2.45, 2.75) is 18.5 Å². The summed E-state index contributed by atoms with van der Waals surface area (Å²) in [7, 11) is 0. The third-order valence-corrected chi connectivity index (χ3v) is 6.83. The summed E-state index contributed by atoms with van der Waals surface area (Å²) in [5.41, 5.74) is 2.50. The van der Waals surface area contributed by atoms with Crippen molar-refractivity contribution in [3.05, 3.63) is 34.1 Å². The van der Waals surface area contributed by atoms with E-state index in [1.807, 2.05) is 10.7 Å². The van der Waals surface area contributed by atoms with Crippen LogP contribution >= 0.6 is 23.5 Å². The SMILES string of the molecule is O=C(O)C1=CSC2C(=Cc3cc4n(n3)CCN(C3=NCCS3)C4)C(=O)N12.[NaH]. The summed E-state index contributed by atoms with van der Waals surface area (Å²) in [5.74, 6) is -0.275. The molecule has 5 heterocycles. The van der Waals surface area contributed by atoms with E-state index in [1.165, 1.54) is 22.1 Å². The third kappa shape index (κ3) is 3.17. The molecule has 0 bridgehead atoms. The van der Waals surface area contributed by atoms with Crippen LogP contribution in [0.4, 0.5) is 0 Å². The molecule has 1 fully saturated rings. The summed E-state index contributed by atoms with van der Waals surface area (Å²) < 4.78 is 1.98. The topological polar surface area (TPSA) is 91.0 Å². The van der Waals surface area contributed by atoms with Gasteiger partial charge in [0, 0.05) is 17.7 Å². The Morgan fingerprint density at radius 1 is 1.37 bits per heavy atom. The molecule has 1 saturated heterocycles. The van der Waals surface area contributed by atoms with E-state index in [1.54, 1.807) is 17.8 Å². The van der Waals surface area contributed by atoms with Crippen molar-refractivity contribution >= 4 is 76.2 Å². The van der Waals surface area contributed by atoms with Crippen molar-refractivity contribution in [3.63, 3.8) is 0 Å². The number of aromatic nitrogens is 2. The fourth-order valence-corrected chi connectivity index (χ4v) is 5.47. The molecule has 0 radical (unpaired) electrons. The summed E-state index contributed by atoms with van der Waals surface area (Å²) in [5, 5.41) is 16.1. The average molecular weight is 413 g/mol. The summed E-state index contributed by atoms with van der Waals surface area (Å²) in [6.07, 6.45) is 1.78. The van der Waals surface area contributed by atoms with Crippen LogP contribution in [0.25, 0.3) is 6.08 Å². The van der Waals surface area contributed by atoms with Gasteiger partial charge in [0.05, 0.1) is 36.6 Å². The number of amides is 1. The van der Waals surface area contributed by atoms with Gasteiger partial charge in [-0.2, -0.15) is 5.10 Å². The van der Waals surface area contributed by atoms with Gasteiger partial charge < -0.3 is 10.0 Å². The quantitative estimate of drug-likeness (QED) is 0.426. The van der Waals surface area contributed by atoms with Gasteiger partial charge in [-0.05, 0) is 12.1 Å². The summed E-state index contributed by atoms with van der Waals surface area (Å²) in [6, 6.07) is 2.00. The molecular formula is C16H16N5NaO3S2. The van der Waals surface area contributed by atoms with E-state index in [4.69, 9.17) is 5.11 Å². The fourth-order valence-electron chi connectivity index (χ4n) is 3.46. The van der Waals surface area contributed by atoms with Crippen molar-refractivity contribution in [3.8, 4) is 0 Å². The number of hydrogen-bond acceptors (Lipinski definition) is 7. The number of carbonyl (C=O) groups is 2. The second-order valence-electron chi connectivity index (χ2n) is 6.29. The van der Waals surface area contributed by atoms with Crippen LogP contribution in [-0.2, 0) is 22.7 Å². The van der Waals surface area contributed by atoms with Gasteiger partial charge in [0.1, 0.15) is 11.1 Å². The Hall–Kier alpha value is -1.20. The first kappa shape index (κ1) is 19.1. The van der Waals surface area contributed by atoms with E-state index < -0.39 is 5.97 Å². The number of carbonyl (C=O) groups excluding carboxylic acids is 1. The number of thioether (sulfide) groups is 2. The summed E-state index contributed by atoms with van der Waals surface area (Å²) in [4.78, 5) is 31.6. The Labute approximate surface area is 186 Å². The second-order valence-corrected chi connectivity index (χ2v) is 8.31. The molecule has 1 amide bonds. The molecule has 11 heteroatoms. The number of aliphatic carboxylic acids is 1. The first-order valence-electron chi connectivity index (χ1n) is 8.25. The minimum atomic E-state index is -1.07. The van der Waals surface area contributed by atoms with Gasteiger partial charge in [-0.1, -0.05) is 11.8 Å². The maximum atomic E-state index is 12.3. The molecule has 27 heavy (non-hydrogen) atoms. The number of fused-ring (bicyclic) bond motifs is 2. The predicted molar refractivity (Wildman–Crippen MR) is 106 cm³/mol. The molecule has 136 valence electrons. The van der Waals surface area contributed by atoms with Crippen molar-refractivity contribution < 1.29 is 14.7 Å². The number of hydrogen-bond donors (Lipinski definition) is 1. The van der Waals surface area contributed by atoms with Crippen molar-refractivity contribution in [2.24, 2.45) is 4.99 Å². The zero-order valence-electron chi connectivity index (χ0n) is 13.7. The molecule has 1 N–H and O–H groups in total. The molecule has 0 aliphatic carbocycles. The maximum absolute atomic E-state index is 12.3. The van der Waals surface area contributed by atoms with Gasteiger partial charge in [0.25, 0.3) is 5.91 Å². The van der Waals surface area contributed by atoms with E-state index in [0.717, 1.165) is 48.5 Å². The molecule has 0 saturated carbocycles. The first-order valence-corrected chi connectivity index (χ1v) is 10.2. The number of aliphatic imine (C=N–C) groups is 1. The van der Waals surface area contributed by atoms with Crippen LogP contribution in [-0.4, -0.2) is 95.5 Å². The number of nitrogens with zero attached hydrogens (tertiary/aromatic N) is 5. The number of carboxylic acids is 1. The second kappa shape index (κ2) is 7.32. The van der Waals surface area contributed by atoms with Gasteiger partial charge in [-0.25, -0.2) is 4.79 Å². The Balaban J connectivity index is 0.00000180. The molecule has 4 aliphatic rings. The predicted octanol–water partition coefficient (Wildman–Crippen LogP) is 0.378. The van der Waals surface area contributed by atoms with E-state index in [9.17, 15) is 9.59 Å². The van der Waals surface area contributed by atoms with Crippen LogP contribution in [0.5, 0.6) is 0 Å². The molecule has 0 aromatic carbocycles. The number of amidine groups is 1. The Morgan fingerprint density at radius 2 is 2.22 bits per heavy atom. The Kier molecular flexibility index (Phi) is 5.19. The number of rotatable bonds is 2. The van der Waals surface area contributed by atoms with E-state index in [2.05, 4.69) is 15.0 Å². The van der Waals surface area contributed by atoms with Crippen LogP contribution in [0.15, 0.2) is 27.7 Å².